The van der Waals surface area contributed by atoms with Gasteiger partial charge in [-0.05, 0) is 44.0 Å². The van der Waals surface area contributed by atoms with Gasteiger partial charge in [-0.1, -0.05) is 11.1 Å². The van der Waals surface area contributed by atoms with Crippen LogP contribution in [0.4, 0.5) is 0 Å². The molecule has 7 heteroatoms. The molecule has 3 aromatic heterocycles. The van der Waals surface area contributed by atoms with Crippen LogP contribution in [0.5, 0.6) is 0 Å². The Morgan fingerprint density at radius 2 is 2.16 bits per heavy atom. The van der Waals surface area contributed by atoms with Crippen LogP contribution in [0, 0.1) is 11.8 Å². The number of carbonyl (C=O) groups is 1. The van der Waals surface area contributed by atoms with E-state index in [1.165, 1.54) is 12.3 Å². The first-order valence-corrected chi connectivity index (χ1v) is 7.54. The fraction of sp³-hybridized carbons (Fsp3) is 0.222. The number of furan rings is 2. The van der Waals surface area contributed by atoms with Gasteiger partial charge in [-0.25, -0.2) is 0 Å². The second-order valence-corrected chi connectivity index (χ2v) is 5.82. The smallest absolute Gasteiger partial charge is 0.287 e. The zero-order chi connectivity index (χ0) is 17.9. The van der Waals surface area contributed by atoms with Crippen molar-refractivity contribution in [1.82, 2.24) is 10.5 Å². The average molecular weight is 340 g/mol. The van der Waals surface area contributed by atoms with Gasteiger partial charge in [0.1, 0.15) is 11.3 Å². The summed E-state index contributed by atoms with van der Waals surface area (Å²) in [7, 11) is 0. The highest BCUT2D eigenvalue weighted by Gasteiger charge is 2.13. The molecule has 1 amide bonds. The van der Waals surface area contributed by atoms with Crippen molar-refractivity contribution in [2.24, 2.45) is 0 Å². The van der Waals surface area contributed by atoms with Gasteiger partial charge in [-0.15, -0.1) is 0 Å². The van der Waals surface area contributed by atoms with Crippen molar-refractivity contribution in [3.63, 3.8) is 0 Å². The molecular weight excluding hydrogens is 324 g/mol. The topological polar surface area (TPSA) is 102 Å². The highest BCUT2D eigenvalue weighted by Crippen LogP contribution is 2.20. The molecule has 0 bridgehead atoms. The summed E-state index contributed by atoms with van der Waals surface area (Å²) in [6, 6.07) is 8.26. The van der Waals surface area contributed by atoms with E-state index in [9.17, 15) is 9.90 Å². The third-order valence-electron chi connectivity index (χ3n) is 3.07. The minimum absolute atomic E-state index is 0.120. The Hall–Kier alpha value is -3.24. The first-order valence-electron chi connectivity index (χ1n) is 7.54. The molecule has 0 aliphatic carbocycles. The predicted molar refractivity (Wildman–Crippen MR) is 87.3 cm³/mol. The fourth-order valence-electron chi connectivity index (χ4n) is 1.93. The van der Waals surface area contributed by atoms with Crippen LogP contribution in [-0.2, 0) is 6.54 Å². The Morgan fingerprint density at radius 1 is 1.32 bits per heavy atom. The van der Waals surface area contributed by atoms with Gasteiger partial charge in [-0.3, -0.25) is 4.79 Å². The third-order valence-corrected chi connectivity index (χ3v) is 3.07. The Kier molecular flexibility index (Phi) is 4.46. The van der Waals surface area contributed by atoms with Crippen LogP contribution in [0.1, 0.15) is 35.9 Å². The van der Waals surface area contributed by atoms with Crippen LogP contribution in [0.2, 0.25) is 0 Å². The van der Waals surface area contributed by atoms with Gasteiger partial charge >= 0.3 is 0 Å². The normalized spacial score (nSPS) is 11.0. The molecule has 0 atom stereocenters. The molecule has 128 valence electrons. The summed E-state index contributed by atoms with van der Waals surface area (Å²) in [5.41, 5.74) is -0.582. The lowest BCUT2D eigenvalue weighted by molar-refractivity contribution is 0.0922. The molecule has 0 spiro atoms. The van der Waals surface area contributed by atoms with E-state index in [1.807, 2.05) is 0 Å². The number of hydrogen-bond acceptors (Lipinski definition) is 6. The number of hydrogen-bond donors (Lipinski definition) is 2. The molecule has 3 aromatic rings. The van der Waals surface area contributed by atoms with Gasteiger partial charge in [0.25, 0.3) is 5.91 Å². The van der Waals surface area contributed by atoms with E-state index in [1.54, 1.807) is 38.1 Å². The van der Waals surface area contributed by atoms with Gasteiger partial charge < -0.3 is 23.8 Å². The lowest BCUT2D eigenvalue weighted by Crippen LogP contribution is -2.22. The summed E-state index contributed by atoms with van der Waals surface area (Å²) < 4.78 is 15.7. The minimum atomic E-state index is -1.13. The van der Waals surface area contributed by atoms with Crippen LogP contribution in [0.15, 0.2) is 50.0 Å². The Labute approximate surface area is 143 Å². The SMILES string of the molecule is CC(C)(O)C#Cc1ccc(C(=O)NCc2cc(-c3ccco3)on2)o1. The van der Waals surface area contributed by atoms with Crippen LogP contribution in [0.25, 0.3) is 11.5 Å². The lowest BCUT2D eigenvalue weighted by Gasteiger charge is -2.05. The van der Waals surface area contributed by atoms with Crippen LogP contribution in [0.3, 0.4) is 0 Å². The van der Waals surface area contributed by atoms with Gasteiger partial charge in [0.2, 0.25) is 5.76 Å². The Balaban J connectivity index is 1.60. The summed E-state index contributed by atoms with van der Waals surface area (Å²) >= 11 is 0. The standard InChI is InChI=1S/C18H16N2O5/c1-18(2,22)8-7-13-5-6-15(24-13)17(21)19-11-12-10-16(25-20-12)14-4-3-9-23-14/h3-6,9-10,22H,11H2,1-2H3,(H,19,21). The summed E-state index contributed by atoms with van der Waals surface area (Å²) in [5, 5.41) is 16.1. The maximum Gasteiger partial charge on any atom is 0.287 e. The number of aromatic nitrogens is 1. The predicted octanol–water partition coefficient (Wildman–Crippen LogP) is 2.58. The van der Waals surface area contributed by atoms with Crippen molar-refractivity contribution in [3.05, 3.63) is 53.8 Å². The molecule has 0 unspecified atom stereocenters. The van der Waals surface area contributed by atoms with E-state index in [0.29, 0.717) is 23.0 Å². The molecule has 0 aromatic carbocycles. The molecule has 2 N–H and O–H groups in total. The van der Waals surface area contributed by atoms with Crippen LogP contribution >= 0.6 is 0 Å². The van der Waals surface area contributed by atoms with E-state index in [0.717, 1.165) is 0 Å². The summed E-state index contributed by atoms with van der Waals surface area (Å²) in [6.07, 6.45) is 1.54. The van der Waals surface area contributed by atoms with E-state index in [-0.39, 0.29) is 12.3 Å². The number of nitrogens with zero attached hydrogens (tertiary/aromatic N) is 1. The quantitative estimate of drug-likeness (QED) is 0.708. The zero-order valence-electron chi connectivity index (χ0n) is 13.7. The van der Waals surface area contributed by atoms with Gasteiger partial charge in [0.05, 0.1) is 12.8 Å². The molecule has 25 heavy (non-hydrogen) atoms. The second-order valence-electron chi connectivity index (χ2n) is 5.82. The molecule has 0 aliphatic heterocycles. The zero-order valence-corrected chi connectivity index (χ0v) is 13.7. The lowest BCUT2D eigenvalue weighted by atomic mass is 10.1. The maximum atomic E-state index is 12.1. The summed E-state index contributed by atoms with van der Waals surface area (Å²) in [5.74, 6) is 6.34. The molecular formula is C18H16N2O5. The maximum absolute atomic E-state index is 12.1. The third kappa shape index (κ3) is 4.40. The first kappa shape index (κ1) is 16.6. The van der Waals surface area contributed by atoms with Crippen LogP contribution < -0.4 is 5.32 Å². The number of rotatable bonds is 4. The van der Waals surface area contributed by atoms with Crippen molar-refractivity contribution in [2.75, 3.05) is 0 Å². The Morgan fingerprint density at radius 3 is 2.88 bits per heavy atom. The summed E-state index contributed by atoms with van der Waals surface area (Å²) in [4.78, 5) is 12.1. The number of nitrogens with one attached hydrogen (secondary N) is 1. The van der Waals surface area contributed by atoms with Crippen molar-refractivity contribution >= 4 is 5.91 Å². The first-order chi connectivity index (χ1) is 11.9. The van der Waals surface area contributed by atoms with Gasteiger partial charge in [0.15, 0.2) is 17.3 Å². The van der Waals surface area contributed by atoms with Crippen molar-refractivity contribution in [2.45, 2.75) is 26.0 Å². The van der Waals surface area contributed by atoms with Crippen molar-refractivity contribution in [3.8, 4) is 23.4 Å². The minimum Gasteiger partial charge on any atom is -0.461 e. The fourth-order valence-corrected chi connectivity index (χ4v) is 1.93. The molecule has 0 saturated carbocycles. The number of aliphatic hydroxyl groups is 1. The second kappa shape index (κ2) is 6.71. The van der Waals surface area contributed by atoms with Crippen LogP contribution in [-0.4, -0.2) is 21.8 Å². The number of amides is 1. The van der Waals surface area contributed by atoms with Crippen molar-refractivity contribution < 1.29 is 23.3 Å². The van der Waals surface area contributed by atoms with Gasteiger partial charge in [0, 0.05) is 6.07 Å². The highest BCUT2D eigenvalue weighted by molar-refractivity contribution is 5.91. The van der Waals surface area contributed by atoms with Gasteiger partial charge in [-0.2, -0.15) is 0 Å². The van der Waals surface area contributed by atoms with E-state index in [4.69, 9.17) is 13.4 Å². The Bertz CT molecular complexity index is 917. The average Bonchev–Trinajstić information content (AvgIpc) is 3.30. The van der Waals surface area contributed by atoms with Crippen molar-refractivity contribution in [1.29, 1.82) is 0 Å². The molecule has 0 radical (unpaired) electrons. The molecule has 3 rings (SSSR count). The van der Waals surface area contributed by atoms with E-state index >= 15 is 0 Å². The highest BCUT2D eigenvalue weighted by atomic mass is 16.5. The largest absolute Gasteiger partial charge is 0.461 e. The molecule has 0 fully saturated rings. The van der Waals surface area contributed by atoms with E-state index < -0.39 is 11.5 Å². The molecule has 7 nitrogen and oxygen atoms in total. The molecule has 3 heterocycles. The monoisotopic (exact) mass is 340 g/mol. The molecule has 0 saturated heterocycles. The number of carbonyl (C=O) groups excluding carboxylic acids is 1. The van der Waals surface area contributed by atoms with E-state index in [2.05, 4.69) is 22.3 Å². The molecule has 0 aliphatic rings. The summed E-state index contributed by atoms with van der Waals surface area (Å²) in [6.45, 7) is 3.30.